The summed E-state index contributed by atoms with van der Waals surface area (Å²) in [6, 6.07) is 7.94. The number of hydrogen-bond acceptors (Lipinski definition) is 6. The molecule has 0 saturated heterocycles. The van der Waals surface area contributed by atoms with Gasteiger partial charge in [-0.05, 0) is 31.2 Å². The molecule has 1 amide bonds. The van der Waals surface area contributed by atoms with Crippen LogP contribution < -0.4 is 10.1 Å². The fraction of sp³-hybridized carbons (Fsp3) is 0.133. The lowest BCUT2D eigenvalue weighted by atomic mass is 10.1. The molecule has 0 fully saturated rings. The van der Waals surface area contributed by atoms with Crippen LogP contribution in [0, 0.1) is 27.2 Å². The van der Waals surface area contributed by atoms with Crippen molar-refractivity contribution in [1.29, 1.82) is 0 Å². The van der Waals surface area contributed by atoms with Crippen LogP contribution in [0.15, 0.2) is 36.4 Å². The van der Waals surface area contributed by atoms with Crippen molar-refractivity contribution >= 4 is 23.0 Å². The van der Waals surface area contributed by atoms with E-state index < -0.39 is 15.8 Å². The number of rotatable bonds is 5. The predicted molar refractivity (Wildman–Crippen MR) is 85.4 cm³/mol. The molecule has 0 aliphatic heterocycles. The normalized spacial score (nSPS) is 10.1. The number of nitro benzene ring substituents is 2. The van der Waals surface area contributed by atoms with Crippen LogP contribution in [-0.2, 0) is 0 Å². The van der Waals surface area contributed by atoms with E-state index in [1.165, 1.54) is 37.4 Å². The summed E-state index contributed by atoms with van der Waals surface area (Å²) in [4.78, 5) is 32.8. The van der Waals surface area contributed by atoms with Crippen LogP contribution in [0.5, 0.6) is 5.75 Å². The smallest absolute Gasteiger partial charge is 0.311 e. The largest absolute Gasteiger partial charge is 0.490 e. The van der Waals surface area contributed by atoms with E-state index >= 15 is 0 Å². The lowest BCUT2D eigenvalue weighted by Crippen LogP contribution is -2.12. The SMILES string of the molecule is COc1ccc(C(=O)Nc2ccc([N+](=O)[O-])c(C)c2)cc1[N+](=O)[O-]. The van der Waals surface area contributed by atoms with E-state index in [0.717, 1.165) is 6.07 Å². The second-order valence-electron chi connectivity index (χ2n) is 4.86. The first-order valence-electron chi connectivity index (χ1n) is 6.72. The highest BCUT2D eigenvalue weighted by molar-refractivity contribution is 6.05. The van der Waals surface area contributed by atoms with Gasteiger partial charge in [-0.3, -0.25) is 25.0 Å². The van der Waals surface area contributed by atoms with Gasteiger partial charge in [-0.1, -0.05) is 0 Å². The lowest BCUT2D eigenvalue weighted by Gasteiger charge is -2.08. The second kappa shape index (κ2) is 6.73. The molecule has 1 N–H and O–H groups in total. The quantitative estimate of drug-likeness (QED) is 0.663. The van der Waals surface area contributed by atoms with Gasteiger partial charge in [0.15, 0.2) is 5.75 Å². The number of anilines is 1. The lowest BCUT2D eigenvalue weighted by molar-refractivity contribution is -0.385. The highest BCUT2D eigenvalue weighted by atomic mass is 16.6. The van der Waals surface area contributed by atoms with Crippen LogP contribution in [0.4, 0.5) is 17.1 Å². The first kappa shape index (κ1) is 16.9. The first-order valence-corrected chi connectivity index (χ1v) is 6.72. The number of amides is 1. The van der Waals surface area contributed by atoms with Crippen LogP contribution in [0.3, 0.4) is 0 Å². The Kier molecular flexibility index (Phi) is 4.73. The van der Waals surface area contributed by atoms with Gasteiger partial charge in [0.05, 0.1) is 17.0 Å². The van der Waals surface area contributed by atoms with Gasteiger partial charge in [-0.25, -0.2) is 0 Å². The van der Waals surface area contributed by atoms with Crippen LogP contribution in [0.25, 0.3) is 0 Å². The van der Waals surface area contributed by atoms with Gasteiger partial charge in [0, 0.05) is 28.9 Å². The average molecular weight is 331 g/mol. The number of benzene rings is 2. The maximum atomic E-state index is 12.2. The first-order chi connectivity index (χ1) is 11.3. The van der Waals surface area contributed by atoms with E-state index in [0.29, 0.717) is 11.3 Å². The third kappa shape index (κ3) is 3.46. The molecular formula is C15H13N3O6. The highest BCUT2D eigenvalue weighted by Crippen LogP contribution is 2.28. The fourth-order valence-corrected chi connectivity index (χ4v) is 2.12. The minimum absolute atomic E-state index is 0.0442. The van der Waals surface area contributed by atoms with Crippen LogP contribution in [0.2, 0.25) is 0 Å². The maximum absolute atomic E-state index is 12.2. The number of hydrogen-bond donors (Lipinski definition) is 1. The topological polar surface area (TPSA) is 125 Å². The molecule has 124 valence electrons. The van der Waals surface area contributed by atoms with E-state index in [1.54, 1.807) is 6.92 Å². The van der Waals surface area contributed by atoms with Crippen molar-refractivity contribution in [3.63, 3.8) is 0 Å². The van der Waals surface area contributed by atoms with Gasteiger partial charge < -0.3 is 10.1 Å². The third-order valence-corrected chi connectivity index (χ3v) is 3.29. The summed E-state index contributed by atoms with van der Waals surface area (Å²) in [5.74, 6) is -0.531. The summed E-state index contributed by atoms with van der Waals surface area (Å²) in [5.41, 5.74) is 0.414. The molecule has 24 heavy (non-hydrogen) atoms. The fourth-order valence-electron chi connectivity index (χ4n) is 2.12. The van der Waals surface area contributed by atoms with Gasteiger partial charge >= 0.3 is 5.69 Å². The molecule has 9 heteroatoms. The molecule has 0 saturated carbocycles. The van der Waals surface area contributed by atoms with Gasteiger partial charge in [-0.15, -0.1) is 0 Å². The molecule has 0 atom stereocenters. The number of methoxy groups -OCH3 is 1. The predicted octanol–water partition coefficient (Wildman–Crippen LogP) is 3.07. The molecule has 2 rings (SSSR count). The standard InChI is InChI=1S/C15H13N3O6/c1-9-7-11(4-5-12(9)17(20)21)16-15(19)10-3-6-14(24-2)13(8-10)18(22)23/h3-8H,1-2H3,(H,16,19). The molecule has 2 aromatic carbocycles. The van der Waals surface area contributed by atoms with Crippen molar-refractivity contribution in [2.75, 3.05) is 12.4 Å². The minimum atomic E-state index is -0.647. The number of aryl methyl sites for hydroxylation is 1. The van der Waals surface area contributed by atoms with Crippen molar-refractivity contribution in [2.24, 2.45) is 0 Å². The summed E-state index contributed by atoms with van der Waals surface area (Å²) >= 11 is 0. The van der Waals surface area contributed by atoms with Crippen molar-refractivity contribution in [3.05, 3.63) is 67.8 Å². The zero-order chi connectivity index (χ0) is 17.9. The van der Waals surface area contributed by atoms with Crippen LogP contribution in [0.1, 0.15) is 15.9 Å². The number of carbonyl (C=O) groups excluding carboxylic acids is 1. The Labute approximate surface area is 136 Å². The number of nitrogens with zero attached hydrogens (tertiary/aromatic N) is 2. The van der Waals surface area contributed by atoms with Gasteiger partial charge in [0.1, 0.15) is 0 Å². The molecule has 9 nitrogen and oxygen atoms in total. The second-order valence-corrected chi connectivity index (χ2v) is 4.86. The average Bonchev–Trinajstić information content (AvgIpc) is 2.53. The van der Waals surface area contributed by atoms with E-state index in [4.69, 9.17) is 4.74 Å². The molecule has 0 aromatic heterocycles. The van der Waals surface area contributed by atoms with Crippen LogP contribution >= 0.6 is 0 Å². The van der Waals surface area contributed by atoms with Crippen molar-refractivity contribution < 1.29 is 19.4 Å². The third-order valence-electron chi connectivity index (χ3n) is 3.29. The molecule has 2 aromatic rings. The van der Waals surface area contributed by atoms with Gasteiger partial charge in [-0.2, -0.15) is 0 Å². The zero-order valence-corrected chi connectivity index (χ0v) is 12.8. The van der Waals surface area contributed by atoms with E-state index in [1.807, 2.05) is 0 Å². The molecule has 0 spiro atoms. The number of carbonyl (C=O) groups is 1. The van der Waals surface area contributed by atoms with E-state index in [-0.39, 0.29) is 22.7 Å². The van der Waals surface area contributed by atoms with Gasteiger partial charge in [0.2, 0.25) is 0 Å². The molecular weight excluding hydrogens is 318 g/mol. The molecule has 0 heterocycles. The molecule has 0 aliphatic rings. The zero-order valence-electron chi connectivity index (χ0n) is 12.8. The van der Waals surface area contributed by atoms with E-state index in [2.05, 4.69) is 5.32 Å². The number of nitro groups is 2. The Hall–Kier alpha value is -3.49. The summed E-state index contributed by atoms with van der Waals surface area (Å²) < 4.78 is 4.87. The van der Waals surface area contributed by atoms with Crippen LogP contribution in [-0.4, -0.2) is 22.9 Å². The summed E-state index contributed by atoms with van der Waals surface area (Å²) in [7, 11) is 1.29. The summed E-state index contributed by atoms with van der Waals surface area (Å²) in [6.07, 6.45) is 0. The molecule has 0 bridgehead atoms. The van der Waals surface area contributed by atoms with Gasteiger partial charge in [0.25, 0.3) is 11.6 Å². The van der Waals surface area contributed by atoms with Crippen molar-refractivity contribution in [3.8, 4) is 5.75 Å². The Bertz CT molecular complexity index is 834. The molecule has 0 unspecified atom stereocenters. The van der Waals surface area contributed by atoms with E-state index in [9.17, 15) is 25.0 Å². The minimum Gasteiger partial charge on any atom is -0.490 e. The Morgan fingerprint density at radius 1 is 1.04 bits per heavy atom. The number of nitrogens with one attached hydrogen (secondary N) is 1. The number of ether oxygens (including phenoxy) is 1. The van der Waals surface area contributed by atoms with Crippen molar-refractivity contribution in [1.82, 2.24) is 0 Å². The highest BCUT2D eigenvalue weighted by Gasteiger charge is 2.19. The molecule has 0 aliphatic carbocycles. The van der Waals surface area contributed by atoms with Crippen molar-refractivity contribution in [2.45, 2.75) is 6.92 Å². The summed E-state index contributed by atoms with van der Waals surface area (Å²) in [6.45, 7) is 1.55. The Morgan fingerprint density at radius 2 is 1.71 bits per heavy atom. The maximum Gasteiger partial charge on any atom is 0.311 e. The monoisotopic (exact) mass is 331 g/mol. The Balaban J connectivity index is 2.27. The Morgan fingerprint density at radius 3 is 2.25 bits per heavy atom. The molecule has 0 radical (unpaired) electrons. The summed E-state index contributed by atoms with van der Waals surface area (Å²) in [5, 5.41) is 24.3.